The van der Waals surface area contributed by atoms with Gasteiger partial charge in [-0.05, 0) is 61.6 Å². The molecular weight excluding hydrogens is 601 g/mol. The van der Waals surface area contributed by atoms with Crippen molar-refractivity contribution < 1.29 is 4.42 Å². The van der Waals surface area contributed by atoms with E-state index in [-0.39, 0.29) is 0 Å². The van der Waals surface area contributed by atoms with E-state index in [0.29, 0.717) is 23.1 Å². The lowest BCUT2D eigenvalue weighted by atomic mass is 9.94. The molecule has 3 aromatic heterocycles. The fourth-order valence-electron chi connectivity index (χ4n) is 7.02. The molecule has 49 heavy (non-hydrogen) atoms. The number of furan rings is 1. The minimum atomic E-state index is 0.548. The van der Waals surface area contributed by atoms with E-state index in [0.717, 1.165) is 44.2 Å². The van der Waals surface area contributed by atoms with Gasteiger partial charge in [0.05, 0.1) is 6.20 Å². The molecule has 0 aliphatic carbocycles. The summed E-state index contributed by atoms with van der Waals surface area (Å²) in [6, 6.07) is 50.6. The van der Waals surface area contributed by atoms with Gasteiger partial charge in [-0.25, -0.2) is 15.0 Å². The first-order valence-electron chi connectivity index (χ1n) is 16.3. The first kappa shape index (κ1) is 27.4. The van der Waals surface area contributed by atoms with Crippen molar-refractivity contribution in [2.45, 2.75) is 0 Å². The number of pyridine rings is 1. The topological polar surface area (TPSA) is 64.7 Å². The smallest absolute Gasteiger partial charge is 0.166 e. The van der Waals surface area contributed by atoms with Crippen molar-refractivity contribution >= 4 is 54.3 Å². The zero-order valence-electron chi connectivity index (χ0n) is 26.2. The molecule has 5 nitrogen and oxygen atoms in total. The van der Waals surface area contributed by atoms with Gasteiger partial charge in [0.25, 0.3) is 0 Å². The molecule has 0 spiro atoms. The average Bonchev–Trinajstić information content (AvgIpc) is 3.56. The molecule has 0 bridgehead atoms. The maximum absolute atomic E-state index is 6.46. The van der Waals surface area contributed by atoms with E-state index in [9.17, 15) is 0 Å². The Bertz CT molecular complexity index is 2820. The van der Waals surface area contributed by atoms with Crippen LogP contribution in [0.15, 0.2) is 162 Å². The van der Waals surface area contributed by atoms with Crippen LogP contribution in [0.2, 0.25) is 0 Å². The van der Waals surface area contributed by atoms with Crippen LogP contribution in [0.25, 0.3) is 99.5 Å². The summed E-state index contributed by atoms with van der Waals surface area (Å²) in [5.74, 6) is 1.76. The van der Waals surface area contributed by atoms with Crippen molar-refractivity contribution in [3.8, 4) is 45.3 Å². The SMILES string of the molecule is c1ccc(-c2nc(-c3ccccc3)nc(-c3cncc4oc5cc(-c6ccc7c(ccc8c9ccccc9ccc78)c6)ccc5c34)n2)cc1. The quantitative estimate of drug-likeness (QED) is 0.182. The lowest BCUT2D eigenvalue weighted by molar-refractivity contribution is 0.667. The van der Waals surface area contributed by atoms with Crippen molar-refractivity contribution in [1.82, 2.24) is 19.9 Å². The van der Waals surface area contributed by atoms with Crippen molar-refractivity contribution in [1.29, 1.82) is 0 Å². The monoisotopic (exact) mass is 626 g/mol. The lowest BCUT2D eigenvalue weighted by Gasteiger charge is -2.10. The Labute approximate surface area is 281 Å². The molecule has 228 valence electrons. The van der Waals surface area contributed by atoms with Gasteiger partial charge in [-0.1, -0.05) is 127 Å². The van der Waals surface area contributed by atoms with Crippen molar-refractivity contribution in [2.24, 2.45) is 0 Å². The highest BCUT2D eigenvalue weighted by molar-refractivity contribution is 6.18. The molecule has 0 radical (unpaired) electrons. The summed E-state index contributed by atoms with van der Waals surface area (Å²) >= 11 is 0. The van der Waals surface area contributed by atoms with E-state index < -0.39 is 0 Å². The summed E-state index contributed by atoms with van der Waals surface area (Å²) in [5, 5.41) is 9.43. The molecule has 0 saturated carbocycles. The first-order valence-corrected chi connectivity index (χ1v) is 16.3. The Hall–Kier alpha value is -6.72. The molecule has 10 aromatic rings. The number of hydrogen-bond acceptors (Lipinski definition) is 5. The van der Waals surface area contributed by atoms with Crippen LogP contribution in [0.5, 0.6) is 0 Å². The summed E-state index contributed by atoms with van der Waals surface area (Å²) < 4.78 is 6.46. The van der Waals surface area contributed by atoms with Gasteiger partial charge in [-0.2, -0.15) is 0 Å². The maximum Gasteiger partial charge on any atom is 0.166 e. The van der Waals surface area contributed by atoms with Crippen LogP contribution in [0.1, 0.15) is 0 Å². The van der Waals surface area contributed by atoms with Gasteiger partial charge in [0.2, 0.25) is 0 Å². The van der Waals surface area contributed by atoms with Gasteiger partial charge in [-0.3, -0.25) is 4.98 Å². The van der Waals surface area contributed by atoms with Crippen LogP contribution in [0, 0.1) is 0 Å². The minimum Gasteiger partial charge on any atom is -0.454 e. The highest BCUT2D eigenvalue weighted by atomic mass is 16.3. The lowest BCUT2D eigenvalue weighted by Crippen LogP contribution is -2.00. The van der Waals surface area contributed by atoms with E-state index in [1.54, 1.807) is 6.20 Å². The van der Waals surface area contributed by atoms with Gasteiger partial charge in [0.15, 0.2) is 23.1 Å². The molecule has 0 atom stereocenters. The fraction of sp³-hybridized carbons (Fsp3) is 0. The molecular formula is C44H26N4O. The summed E-state index contributed by atoms with van der Waals surface area (Å²) in [6.07, 6.45) is 3.59. The fourth-order valence-corrected chi connectivity index (χ4v) is 7.02. The number of aromatic nitrogens is 4. The first-order chi connectivity index (χ1) is 24.3. The van der Waals surface area contributed by atoms with Crippen LogP contribution in [-0.2, 0) is 0 Å². The van der Waals surface area contributed by atoms with Crippen LogP contribution in [0.4, 0.5) is 0 Å². The largest absolute Gasteiger partial charge is 0.454 e. The van der Waals surface area contributed by atoms with Gasteiger partial charge in [-0.15, -0.1) is 0 Å². The Kier molecular flexibility index (Phi) is 6.11. The molecule has 0 unspecified atom stereocenters. The minimum absolute atomic E-state index is 0.548. The number of benzene rings is 7. The van der Waals surface area contributed by atoms with Gasteiger partial charge in [0, 0.05) is 33.7 Å². The van der Waals surface area contributed by atoms with Gasteiger partial charge in [0.1, 0.15) is 5.58 Å². The molecule has 3 heterocycles. The highest BCUT2D eigenvalue weighted by Gasteiger charge is 2.19. The van der Waals surface area contributed by atoms with E-state index in [4.69, 9.17) is 19.4 Å². The predicted molar refractivity (Wildman–Crippen MR) is 199 cm³/mol. The Morgan fingerprint density at radius 1 is 0.367 bits per heavy atom. The number of nitrogens with zero attached hydrogens (tertiary/aromatic N) is 4. The van der Waals surface area contributed by atoms with Crippen LogP contribution in [-0.4, -0.2) is 19.9 Å². The zero-order chi connectivity index (χ0) is 32.3. The second-order valence-electron chi connectivity index (χ2n) is 12.3. The molecule has 0 saturated heterocycles. The van der Waals surface area contributed by atoms with E-state index in [1.807, 2.05) is 66.9 Å². The number of hydrogen-bond donors (Lipinski definition) is 0. The number of fused-ring (bicyclic) bond motifs is 8. The maximum atomic E-state index is 6.46. The van der Waals surface area contributed by atoms with Crippen LogP contribution < -0.4 is 0 Å². The second kappa shape index (κ2) is 10.9. The van der Waals surface area contributed by atoms with E-state index in [1.165, 1.54) is 32.3 Å². The summed E-state index contributed by atoms with van der Waals surface area (Å²) in [6.45, 7) is 0. The Morgan fingerprint density at radius 3 is 1.67 bits per heavy atom. The predicted octanol–water partition coefficient (Wildman–Crippen LogP) is 11.3. The highest BCUT2D eigenvalue weighted by Crippen LogP contribution is 2.39. The summed E-state index contributed by atoms with van der Waals surface area (Å²) in [4.78, 5) is 19.3. The molecule has 7 aromatic carbocycles. The van der Waals surface area contributed by atoms with E-state index >= 15 is 0 Å². The Balaban J connectivity index is 1.10. The van der Waals surface area contributed by atoms with Crippen LogP contribution in [0.3, 0.4) is 0 Å². The standard InChI is InChI=1S/C44H26N4O/c1-3-10-28(11-4-1)42-46-43(29-12-5-2-6-13-29)48-44(47-42)38-25-45-26-40-41(38)37-22-17-31(24-39(37)49-40)30-16-19-34-32(23-30)18-21-35-33-14-8-7-9-27(33)15-20-36(34)35/h1-26H. The molecule has 0 aliphatic rings. The number of rotatable bonds is 4. The average molecular weight is 627 g/mol. The third kappa shape index (κ3) is 4.55. The van der Waals surface area contributed by atoms with Crippen molar-refractivity contribution in [2.75, 3.05) is 0 Å². The van der Waals surface area contributed by atoms with Crippen molar-refractivity contribution in [3.63, 3.8) is 0 Å². The molecule has 10 rings (SSSR count). The zero-order valence-corrected chi connectivity index (χ0v) is 26.2. The second-order valence-corrected chi connectivity index (χ2v) is 12.3. The normalized spacial score (nSPS) is 11.7. The Morgan fingerprint density at radius 2 is 0.939 bits per heavy atom. The third-order valence-electron chi connectivity index (χ3n) is 9.40. The summed E-state index contributed by atoms with van der Waals surface area (Å²) in [7, 11) is 0. The molecule has 0 fully saturated rings. The molecule has 5 heteroatoms. The van der Waals surface area contributed by atoms with Crippen LogP contribution >= 0.6 is 0 Å². The molecule has 0 N–H and O–H groups in total. The van der Waals surface area contributed by atoms with E-state index in [2.05, 4.69) is 89.9 Å². The molecule has 0 amide bonds. The molecule has 0 aliphatic heterocycles. The van der Waals surface area contributed by atoms with Gasteiger partial charge >= 0.3 is 0 Å². The van der Waals surface area contributed by atoms with Crippen molar-refractivity contribution in [3.05, 3.63) is 158 Å². The third-order valence-corrected chi connectivity index (χ3v) is 9.40. The summed E-state index contributed by atoms with van der Waals surface area (Å²) in [5.41, 5.74) is 6.32. The van der Waals surface area contributed by atoms with Gasteiger partial charge < -0.3 is 4.42 Å².